The maximum Gasteiger partial charge on any atom is 0.397 e. The summed E-state index contributed by atoms with van der Waals surface area (Å²) in [7, 11) is -5.07. The van der Waals surface area contributed by atoms with Crippen molar-refractivity contribution in [3.63, 3.8) is 0 Å². The second kappa shape index (κ2) is 49.2. The highest BCUT2D eigenvalue weighted by molar-refractivity contribution is 7.80. The molecule has 1 rings (SSSR count). The molecule has 418 valence electrons. The van der Waals surface area contributed by atoms with Gasteiger partial charge in [-0.25, -0.2) is 4.18 Å². The molecule has 13 heteroatoms. The lowest BCUT2D eigenvalue weighted by Crippen LogP contribution is -2.60. The molecule has 1 heterocycles. The summed E-state index contributed by atoms with van der Waals surface area (Å²) in [5.74, 6) is -0.398. The van der Waals surface area contributed by atoms with Gasteiger partial charge in [-0.2, -0.15) is 8.42 Å². The summed E-state index contributed by atoms with van der Waals surface area (Å²) in [5, 5.41) is 30.8. The highest BCUT2D eigenvalue weighted by atomic mass is 32.3. The molecule has 0 radical (unpaired) electrons. The first-order valence-corrected chi connectivity index (χ1v) is 30.6. The largest absolute Gasteiger partial charge is 0.457 e. The summed E-state index contributed by atoms with van der Waals surface area (Å²) >= 11 is 0. The van der Waals surface area contributed by atoms with Gasteiger partial charge in [0.2, 0.25) is 0 Å². The van der Waals surface area contributed by atoms with E-state index < -0.39 is 59.8 Å². The van der Waals surface area contributed by atoms with Crippen LogP contribution in [0, 0.1) is 0 Å². The molecule has 4 N–H and O–H groups in total. The van der Waals surface area contributed by atoms with Gasteiger partial charge in [-0.05, 0) is 51.4 Å². The molecule has 0 aliphatic carbocycles. The zero-order chi connectivity index (χ0) is 51.7. The minimum absolute atomic E-state index is 0.0382. The number of ether oxygens (including phenoxy) is 4. The third-order valence-electron chi connectivity index (χ3n) is 13.5. The number of carbonyl (C=O) groups excluding carboxylic acids is 1. The van der Waals surface area contributed by atoms with Crippen LogP contribution in [-0.2, 0) is 38.3 Å². The van der Waals surface area contributed by atoms with E-state index in [-0.39, 0.29) is 19.6 Å². The summed E-state index contributed by atoms with van der Waals surface area (Å²) < 4.78 is 59.4. The van der Waals surface area contributed by atoms with Crippen molar-refractivity contribution >= 4 is 16.4 Å². The molecule has 1 aliphatic rings. The second-order valence-electron chi connectivity index (χ2n) is 20.2. The number of esters is 1. The van der Waals surface area contributed by atoms with Crippen molar-refractivity contribution in [2.24, 2.45) is 0 Å². The molecule has 0 aromatic carbocycles. The molecule has 12 nitrogen and oxygen atoms in total. The second-order valence-corrected chi connectivity index (χ2v) is 21.3. The Kier molecular flexibility index (Phi) is 46.7. The molecule has 1 saturated heterocycles. The average Bonchev–Trinajstić information content (AvgIpc) is 3.35. The number of hydrogen-bond acceptors (Lipinski definition) is 11. The minimum Gasteiger partial charge on any atom is -0.457 e. The van der Waals surface area contributed by atoms with Crippen LogP contribution < -0.4 is 0 Å². The fraction of sp³-hybridized carbons (Fsp3) is 0.879. The van der Waals surface area contributed by atoms with Crippen LogP contribution >= 0.6 is 0 Å². The van der Waals surface area contributed by atoms with Crippen molar-refractivity contribution in [1.82, 2.24) is 0 Å². The summed E-state index contributed by atoms with van der Waals surface area (Å²) in [6, 6.07) is 0. The molecule has 0 aromatic heterocycles. The summed E-state index contributed by atoms with van der Waals surface area (Å²) in [4.78, 5) is 13.0. The third kappa shape index (κ3) is 42.3. The Bertz CT molecular complexity index is 1370. The van der Waals surface area contributed by atoms with E-state index in [1.807, 2.05) is 0 Å². The van der Waals surface area contributed by atoms with Crippen molar-refractivity contribution in [1.29, 1.82) is 0 Å². The van der Waals surface area contributed by atoms with E-state index in [1.54, 1.807) is 0 Å². The van der Waals surface area contributed by atoms with Gasteiger partial charge >= 0.3 is 16.4 Å². The van der Waals surface area contributed by atoms with Crippen molar-refractivity contribution < 1.29 is 56.2 Å². The SMILES string of the molecule is CCCCCCC/C=C\C/C=C\C/C=C\CCCCCCCCCCCCC(=O)OC(COCCCCCCCCCCCCCCCCCCCCC)COC1OC(CO)C(O)C(OS(=O)(=O)O)C1O. The summed E-state index contributed by atoms with van der Waals surface area (Å²) in [5.41, 5.74) is 0. The third-order valence-corrected chi connectivity index (χ3v) is 14.0. The van der Waals surface area contributed by atoms with Gasteiger partial charge in [-0.1, -0.05) is 243 Å². The molecule has 71 heavy (non-hydrogen) atoms. The van der Waals surface area contributed by atoms with Gasteiger partial charge in [0.1, 0.15) is 30.5 Å². The number of aliphatic hydroxyl groups is 3. The van der Waals surface area contributed by atoms with Crippen LogP contribution in [0.5, 0.6) is 0 Å². The molecule has 6 atom stereocenters. The zero-order valence-electron chi connectivity index (χ0n) is 45.3. The number of hydrogen-bond donors (Lipinski definition) is 4. The molecule has 1 fully saturated rings. The van der Waals surface area contributed by atoms with Crippen LogP contribution in [0.1, 0.15) is 264 Å². The molecule has 0 aromatic rings. The predicted molar refractivity (Wildman–Crippen MR) is 290 cm³/mol. The Morgan fingerprint density at radius 1 is 0.535 bits per heavy atom. The van der Waals surface area contributed by atoms with Gasteiger partial charge in [0, 0.05) is 13.0 Å². The molecule has 0 spiro atoms. The first kappa shape index (κ1) is 67.3. The van der Waals surface area contributed by atoms with Crippen LogP contribution in [-0.4, -0.2) is 97.5 Å². The predicted octanol–water partition coefficient (Wildman–Crippen LogP) is 14.5. The zero-order valence-corrected chi connectivity index (χ0v) is 46.1. The minimum atomic E-state index is -5.07. The van der Waals surface area contributed by atoms with E-state index in [1.165, 1.54) is 180 Å². The van der Waals surface area contributed by atoms with Gasteiger partial charge in [0.25, 0.3) is 0 Å². The Labute approximate surface area is 434 Å². The molecular weight excluding hydrogens is 921 g/mol. The van der Waals surface area contributed by atoms with Crippen LogP contribution in [0.15, 0.2) is 36.5 Å². The first-order chi connectivity index (χ1) is 34.6. The molecule has 0 saturated carbocycles. The Morgan fingerprint density at radius 2 is 0.930 bits per heavy atom. The van der Waals surface area contributed by atoms with Crippen molar-refractivity contribution in [3.05, 3.63) is 36.5 Å². The lowest BCUT2D eigenvalue weighted by molar-refractivity contribution is -0.301. The topological polar surface area (TPSA) is 178 Å². The van der Waals surface area contributed by atoms with Crippen molar-refractivity contribution in [2.75, 3.05) is 26.4 Å². The Morgan fingerprint density at radius 3 is 1.35 bits per heavy atom. The lowest BCUT2D eigenvalue weighted by atomic mass is 9.99. The summed E-state index contributed by atoms with van der Waals surface area (Å²) in [6.45, 7) is 4.03. The molecule has 0 bridgehead atoms. The van der Waals surface area contributed by atoms with Crippen LogP contribution in [0.2, 0.25) is 0 Å². The van der Waals surface area contributed by atoms with Crippen LogP contribution in [0.25, 0.3) is 0 Å². The Balaban J connectivity index is 2.29. The normalized spacial score (nSPS) is 19.2. The average molecular weight is 1030 g/mol. The van der Waals surface area contributed by atoms with E-state index >= 15 is 0 Å². The van der Waals surface area contributed by atoms with Gasteiger partial charge in [-0.3, -0.25) is 9.35 Å². The first-order valence-electron chi connectivity index (χ1n) is 29.2. The molecule has 6 unspecified atom stereocenters. The highest BCUT2D eigenvalue weighted by Crippen LogP contribution is 2.26. The smallest absolute Gasteiger partial charge is 0.397 e. The number of unbranched alkanes of at least 4 members (excludes halogenated alkanes) is 33. The van der Waals surface area contributed by atoms with Gasteiger partial charge < -0.3 is 34.3 Å². The van der Waals surface area contributed by atoms with E-state index in [2.05, 4.69) is 54.5 Å². The van der Waals surface area contributed by atoms with Crippen molar-refractivity contribution in [3.8, 4) is 0 Å². The number of carbonyl (C=O) groups is 1. The molecule has 0 amide bonds. The van der Waals surface area contributed by atoms with E-state index in [9.17, 15) is 33.1 Å². The quantitative estimate of drug-likeness (QED) is 0.0196. The van der Waals surface area contributed by atoms with E-state index in [0.717, 1.165) is 57.8 Å². The van der Waals surface area contributed by atoms with Crippen LogP contribution in [0.4, 0.5) is 0 Å². The molecule has 1 aliphatic heterocycles. The maximum atomic E-state index is 13.0. The molecular formula is C58H108O12S. The van der Waals surface area contributed by atoms with Gasteiger partial charge in [0.15, 0.2) is 6.29 Å². The fourth-order valence-electron chi connectivity index (χ4n) is 9.09. The monoisotopic (exact) mass is 1030 g/mol. The fourth-order valence-corrected chi connectivity index (χ4v) is 9.60. The Hall–Kier alpha value is -1.68. The summed E-state index contributed by atoms with van der Waals surface area (Å²) in [6.07, 6.45) is 51.8. The number of allylic oxidation sites excluding steroid dienone is 6. The van der Waals surface area contributed by atoms with Gasteiger partial charge in [0.05, 0.1) is 19.8 Å². The maximum absolute atomic E-state index is 13.0. The number of aliphatic hydroxyl groups excluding tert-OH is 3. The van der Waals surface area contributed by atoms with Crippen LogP contribution in [0.3, 0.4) is 0 Å². The van der Waals surface area contributed by atoms with Gasteiger partial charge in [-0.15, -0.1) is 0 Å². The number of rotatable bonds is 52. The highest BCUT2D eigenvalue weighted by Gasteiger charge is 2.48. The lowest BCUT2D eigenvalue weighted by Gasteiger charge is -2.41. The van der Waals surface area contributed by atoms with E-state index in [0.29, 0.717) is 13.0 Å². The standard InChI is InChI=1S/C58H108O12S/c1-3-5-7-9-11-13-15-17-19-21-23-24-25-26-27-28-29-31-33-35-37-39-41-43-45-47-54(60)68-52(51-67-58-56(62)57(70-71(63,64)65)55(61)53(49-59)69-58)50-66-48-46-44-42-40-38-36-34-32-30-22-20-18-16-14-12-10-8-6-4-2/h15,17,21,23,25-26,52-53,55-59,61-62H,3-14,16,18-20,22,24,27-51H2,1-2H3,(H,63,64,65)/b17-15-,23-21-,26-25-. The van der Waals surface area contributed by atoms with E-state index in [4.69, 9.17) is 18.9 Å². The van der Waals surface area contributed by atoms with Crippen molar-refractivity contribution in [2.45, 2.75) is 301 Å².